The van der Waals surface area contributed by atoms with Crippen LogP contribution in [0.1, 0.15) is 25.0 Å². The standard InChI is InChI=1S/C29H34IN3O5S/c1-21(2)31-29(35)27(18-22-9-6-5-7-10-22)32(19-23-11-8-12-26(17-23)38-3)28(34)20-33(39(4,36)37)25-15-13-24(30)14-16-25/h5-17,21,27H,18-20H2,1-4H3,(H,31,35)/t27-/m1/s1. The highest BCUT2D eigenvalue weighted by Crippen LogP contribution is 2.22. The summed E-state index contributed by atoms with van der Waals surface area (Å²) in [6.07, 6.45) is 1.33. The first-order chi connectivity index (χ1) is 18.5. The lowest BCUT2D eigenvalue weighted by Gasteiger charge is -2.34. The minimum Gasteiger partial charge on any atom is -0.497 e. The summed E-state index contributed by atoms with van der Waals surface area (Å²) in [7, 11) is -2.25. The highest BCUT2D eigenvalue weighted by molar-refractivity contribution is 14.1. The van der Waals surface area contributed by atoms with Gasteiger partial charge in [0.15, 0.2) is 0 Å². The summed E-state index contributed by atoms with van der Waals surface area (Å²) in [6, 6.07) is 22.5. The van der Waals surface area contributed by atoms with Crippen LogP contribution in [0.25, 0.3) is 0 Å². The zero-order valence-electron chi connectivity index (χ0n) is 22.5. The van der Waals surface area contributed by atoms with E-state index in [-0.39, 0.29) is 24.9 Å². The van der Waals surface area contributed by atoms with Crippen LogP contribution in [0.5, 0.6) is 5.75 Å². The lowest BCUT2D eigenvalue weighted by molar-refractivity contribution is -0.140. The second-order valence-electron chi connectivity index (χ2n) is 9.49. The number of anilines is 1. The number of halogens is 1. The average molecular weight is 664 g/mol. The van der Waals surface area contributed by atoms with Gasteiger partial charge in [0.1, 0.15) is 18.3 Å². The summed E-state index contributed by atoms with van der Waals surface area (Å²) < 4.78 is 33.0. The average Bonchev–Trinajstić information content (AvgIpc) is 2.89. The van der Waals surface area contributed by atoms with Gasteiger partial charge >= 0.3 is 0 Å². The zero-order valence-corrected chi connectivity index (χ0v) is 25.5. The Morgan fingerprint density at radius 3 is 2.18 bits per heavy atom. The molecular formula is C29H34IN3O5S. The zero-order chi connectivity index (χ0) is 28.6. The molecule has 39 heavy (non-hydrogen) atoms. The lowest BCUT2D eigenvalue weighted by Crippen LogP contribution is -2.54. The molecule has 0 spiro atoms. The van der Waals surface area contributed by atoms with Gasteiger partial charge < -0.3 is 15.0 Å². The molecular weight excluding hydrogens is 629 g/mol. The third-order valence-corrected chi connectivity index (χ3v) is 7.84. The van der Waals surface area contributed by atoms with Crippen molar-refractivity contribution >= 4 is 50.1 Å². The van der Waals surface area contributed by atoms with Crippen LogP contribution in [-0.2, 0) is 32.6 Å². The van der Waals surface area contributed by atoms with Crippen LogP contribution >= 0.6 is 22.6 Å². The number of carbonyl (C=O) groups excluding carboxylic acids is 2. The molecule has 0 unspecified atom stereocenters. The molecule has 0 saturated carbocycles. The van der Waals surface area contributed by atoms with Crippen LogP contribution in [0, 0.1) is 3.57 Å². The Labute approximate surface area is 244 Å². The molecule has 0 bridgehead atoms. The number of sulfonamides is 1. The van der Waals surface area contributed by atoms with E-state index in [0.29, 0.717) is 11.4 Å². The van der Waals surface area contributed by atoms with Crippen molar-refractivity contribution in [3.63, 3.8) is 0 Å². The molecule has 2 amide bonds. The van der Waals surface area contributed by atoms with E-state index in [9.17, 15) is 18.0 Å². The molecule has 3 rings (SSSR count). The third kappa shape index (κ3) is 8.96. The van der Waals surface area contributed by atoms with E-state index in [2.05, 4.69) is 27.9 Å². The molecule has 3 aromatic rings. The van der Waals surface area contributed by atoms with Gasteiger partial charge in [0.05, 0.1) is 19.1 Å². The SMILES string of the molecule is COc1cccc(CN(C(=O)CN(c2ccc(I)cc2)S(C)(=O)=O)[C@H](Cc2ccccc2)C(=O)NC(C)C)c1. The van der Waals surface area contributed by atoms with Crippen LogP contribution in [0.3, 0.4) is 0 Å². The number of methoxy groups -OCH3 is 1. The normalized spacial score (nSPS) is 12.1. The number of nitrogens with one attached hydrogen (secondary N) is 1. The lowest BCUT2D eigenvalue weighted by atomic mass is 10.0. The van der Waals surface area contributed by atoms with Gasteiger partial charge in [0.25, 0.3) is 0 Å². The van der Waals surface area contributed by atoms with Gasteiger partial charge in [-0.2, -0.15) is 0 Å². The molecule has 0 aliphatic heterocycles. The maximum Gasteiger partial charge on any atom is 0.244 e. The van der Waals surface area contributed by atoms with Crippen molar-refractivity contribution in [3.05, 3.63) is 93.6 Å². The Morgan fingerprint density at radius 1 is 0.949 bits per heavy atom. The molecule has 10 heteroatoms. The Morgan fingerprint density at radius 2 is 1.59 bits per heavy atom. The summed E-state index contributed by atoms with van der Waals surface area (Å²) in [5.74, 6) is -0.199. The minimum atomic E-state index is -3.80. The van der Waals surface area contributed by atoms with E-state index < -0.39 is 28.5 Å². The largest absolute Gasteiger partial charge is 0.497 e. The first kappa shape index (κ1) is 30.4. The maximum atomic E-state index is 14.0. The van der Waals surface area contributed by atoms with Crippen molar-refractivity contribution in [2.24, 2.45) is 0 Å². The Bertz CT molecular complexity index is 1370. The van der Waals surface area contributed by atoms with E-state index >= 15 is 0 Å². The van der Waals surface area contributed by atoms with E-state index in [0.717, 1.165) is 25.3 Å². The van der Waals surface area contributed by atoms with Crippen molar-refractivity contribution in [2.75, 3.05) is 24.2 Å². The first-order valence-corrected chi connectivity index (χ1v) is 15.4. The van der Waals surface area contributed by atoms with Crippen molar-refractivity contribution in [3.8, 4) is 5.75 Å². The second kappa shape index (κ2) is 13.8. The Kier molecular flexibility index (Phi) is 10.8. The van der Waals surface area contributed by atoms with Gasteiger partial charge in [-0.05, 0) is 84.0 Å². The predicted molar refractivity (Wildman–Crippen MR) is 162 cm³/mol. The summed E-state index contributed by atoms with van der Waals surface area (Å²) >= 11 is 2.13. The number of hydrogen-bond donors (Lipinski definition) is 1. The number of hydrogen-bond acceptors (Lipinski definition) is 5. The molecule has 0 fully saturated rings. The molecule has 208 valence electrons. The first-order valence-electron chi connectivity index (χ1n) is 12.5. The Hall–Kier alpha value is -3.12. The van der Waals surface area contributed by atoms with Crippen LogP contribution in [0.15, 0.2) is 78.9 Å². The summed E-state index contributed by atoms with van der Waals surface area (Å²) in [5.41, 5.74) is 2.00. The van der Waals surface area contributed by atoms with E-state index in [1.54, 1.807) is 43.5 Å². The van der Waals surface area contributed by atoms with Crippen LogP contribution < -0.4 is 14.4 Å². The smallest absolute Gasteiger partial charge is 0.244 e. The molecule has 8 nitrogen and oxygen atoms in total. The fourth-order valence-electron chi connectivity index (χ4n) is 4.12. The van der Waals surface area contributed by atoms with Gasteiger partial charge in [-0.1, -0.05) is 42.5 Å². The summed E-state index contributed by atoms with van der Waals surface area (Å²) in [5, 5.41) is 2.94. The van der Waals surface area contributed by atoms with Gasteiger partial charge in [-0.3, -0.25) is 13.9 Å². The molecule has 0 saturated heterocycles. The van der Waals surface area contributed by atoms with Crippen molar-refractivity contribution in [1.82, 2.24) is 10.2 Å². The van der Waals surface area contributed by atoms with E-state index in [4.69, 9.17) is 4.74 Å². The topological polar surface area (TPSA) is 96.0 Å². The van der Waals surface area contributed by atoms with Gasteiger partial charge in [0, 0.05) is 22.6 Å². The Balaban J connectivity index is 2.06. The minimum absolute atomic E-state index is 0.0866. The van der Waals surface area contributed by atoms with Crippen LogP contribution in [0.4, 0.5) is 5.69 Å². The molecule has 0 radical (unpaired) electrons. The molecule has 0 aliphatic rings. The van der Waals surface area contributed by atoms with Gasteiger partial charge in [0.2, 0.25) is 21.8 Å². The van der Waals surface area contributed by atoms with Crippen molar-refractivity contribution < 1.29 is 22.7 Å². The highest BCUT2D eigenvalue weighted by atomic mass is 127. The quantitative estimate of drug-likeness (QED) is 0.293. The highest BCUT2D eigenvalue weighted by Gasteiger charge is 2.33. The number of amides is 2. The molecule has 3 aromatic carbocycles. The third-order valence-electron chi connectivity index (χ3n) is 5.98. The monoisotopic (exact) mass is 663 g/mol. The summed E-state index contributed by atoms with van der Waals surface area (Å²) in [4.78, 5) is 29.0. The van der Waals surface area contributed by atoms with Crippen molar-refractivity contribution in [2.45, 2.75) is 38.9 Å². The number of rotatable bonds is 12. The molecule has 0 aliphatic carbocycles. The number of benzene rings is 3. The second-order valence-corrected chi connectivity index (χ2v) is 12.6. The number of nitrogens with zero attached hydrogens (tertiary/aromatic N) is 2. The maximum absolute atomic E-state index is 14.0. The predicted octanol–water partition coefficient (Wildman–Crippen LogP) is 4.23. The molecule has 1 atom stereocenters. The van der Waals surface area contributed by atoms with Gasteiger partial charge in [-0.15, -0.1) is 0 Å². The fraction of sp³-hybridized carbons (Fsp3) is 0.310. The van der Waals surface area contributed by atoms with Crippen LogP contribution in [-0.4, -0.2) is 57.1 Å². The van der Waals surface area contributed by atoms with Gasteiger partial charge in [-0.25, -0.2) is 8.42 Å². The number of carbonyl (C=O) groups is 2. The number of ether oxygens (including phenoxy) is 1. The molecule has 0 aromatic heterocycles. The molecule has 0 heterocycles. The fourth-order valence-corrected chi connectivity index (χ4v) is 5.33. The molecule has 1 N–H and O–H groups in total. The van der Waals surface area contributed by atoms with Crippen LogP contribution in [0.2, 0.25) is 0 Å². The van der Waals surface area contributed by atoms with E-state index in [1.807, 2.05) is 56.3 Å². The van der Waals surface area contributed by atoms with E-state index in [1.165, 1.54) is 4.90 Å². The van der Waals surface area contributed by atoms with Crippen molar-refractivity contribution in [1.29, 1.82) is 0 Å². The summed E-state index contributed by atoms with van der Waals surface area (Å²) in [6.45, 7) is 3.34.